The molecule has 0 saturated carbocycles. The predicted octanol–water partition coefficient (Wildman–Crippen LogP) is 20.3. The number of aliphatic hydroxyl groups is 1. The molecule has 0 aromatic heterocycles. The van der Waals surface area contributed by atoms with Crippen molar-refractivity contribution in [3.63, 3.8) is 0 Å². The molecule has 0 bridgehead atoms. The van der Waals surface area contributed by atoms with Gasteiger partial charge in [0.2, 0.25) is 0 Å². The molecule has 5 atom stereocenters. The monoisotopic (exact) mass is 1310 g/mol. The van der Waals surface area contributed by atoms with Crippen molar-refractivity contribution in [2.75, 3.05) is 39.6 Å². The molecule has 2 unspecified atom stereocenters. The number of esters is 4. The highest BCUT2D eigenvalue weighted by Crippen LogP contribution is 2.45. The number of hydrogen-bond acceptors (Lipinski definition) is 15. The van der Waals surface area contributed by atoms with Gasteiger partial charge in [-0.2, -0.15) is 0 Å². The average Bonchev–Trinajstić information content (AvgIpc) is 3.65. The summed E-state index contributed by atoms with van der Waals surface area (Å²) in [5.41, 5.74) is 0. The Labute approximate surface area is 543 Å². The number of rotatable bonds is 71. The van der Waals surface area contributed by atoms with Crippen molar-refractivity contribution in [2.45, 2.75) is 386 Å². The van der Waals surface area contributed by atoms with Crippen molar-refractivity contribution in [3.05, 3.63) is 0 Å². The lowest BCUT2D eigenvalue weighted by Crippen LogP contribution is -2.30. The van der Waals surface area contributed by atoms with Gasteiger partial charge in [0, 0.05) is 25.7 Å². The zero-order chi connectivity index (χ0) is 65.4. The summed E-state index contributed by atoms with van der Waals surface area (Å²) >= 11 is 0. The maximum atomic E-state index is 13.0. The van der Waals surface area contributed by atoms with Crippen LogP contribution >= 0.6 is 15.6 Å². The Kier molecular flexibility index (Phi) is 63.3. The topological polar surface area (TPSA) is 237 Å². The minimum atomic E-state index is -4.95. The largest absolute Gasteiger partial charge is 0.472 e. The molecular formula is C70H136O17P2. The van der Waals surface area contributed by atoms with E-state index in [-0.39, 0.29) is 25.7 Å². The molecule has 17 nitrogen and oxygen atoms in total. The van der Waals surface area contributed by atoms with Crippen molar-refractivity contribution < 1.29 is 80.2 Å². The van der Waals surface area contributed by atoms with Crippen molar-refractivity contribution in [1.82, 2.24) is 0 Å². The summed E-state index contributed by atoms with van der Waals surface area (Å²) in [5.74, 6) is -2.13. The van der Waals surface area contributed by atoms with E-state index in [0.717, 1.165) is 96.3 Å². The van der Waals surface area contributed by atoms with Gasteiger partial charge in [-0.1, -0.05) is 317 Å². The van der Waals surface area contributed by atoms with Crippen LogP contribution in [0, 0.1) is 0 Å². The highest BCUT2D eigenvalue weighted by Gasteiger charge is 2.30. The van der Waals surface area contributed by atoms with Gasteiger partial charge in [0.1, 0.15) is 19.3 Å². The molecule has 19 heteroatoms. The third kappa shape index (κ3) is 64.6. The zero-order valence-electron chi connectivity index (χ0n) is 57.4. The van der Waals surface area contributed by atoms with E-state index in [1.165, 1.54) is 193 Å². The Morgan fingerprint density at radius 2 is 0.449 bits per heavy atom. The lowest BCUT2D eigenvalue weighted by Gasteiger charge is -2.21. The summed E-state index contributed by atoms with van der Waals surface area (Å²) in [4.78, 5) is 72.3. The van der Waals surface area contributed by atoms with Gasteiger partial charge in [-0.15, -0.1) is 0 Å². The number of aliphatic hydroxyl groups excluding tert-OH is 1. The number of unbranched alkanes of at least 4 members (excludes halogenated alkanes) is 45. The van der Waals surface area contributed by atoms with Crippen LogP contribution in [0.3, 0.4) is 0 Å². The predicted molar refractivity (Wildman–Crippen MR) is 359 cm³/mol. The lowest BCUT2D eigenvalue weighted by atomic mass is 10.0. The van der Waals surface area contributed by atoms with Crippen LogP contribution in [-0.4, -0.2) is 96.7 Å². The first-order valence-electron chi connectivity index (χ1n) is 36.8. The Hall–Kier alpha value is -1.94. The van der Waals surface area contributed by atoms with E-state index in [1.54, 1.807) is 0 Å². The molecule has 0 spiro atoms. The van der Waals surface area contributed by atoms with Gasteiger partial charge < -0.3 is 33.8 Å². The average molecular weight is 1310 g/mol. The number of hydrogen-bond donors (Lipinski definition) is 3. The number of phosphoric ester groups is 2. The highest BCUT2D eigenvalue weighted by molar-refractivity contribution is 7.47. The molecule has 528 valence electrons. The fraction of sp³-hybridized carbons (Fsp3) is 0.943. The molecule has 0 heterocycles. The van der Waals surface area contributed by atoms with Crippen LogP contribution in [0.15, 0.2) is 0 Å². The molecule has 0 aromatic carbocycles. The smallest absolute Gasteiger partial charge is 0.462 e. The number of carbonyl (C=O) groups is 4. The molecule has 0 aromatic rings. The number of phosphoric acid groups is 2. The Balaban J connectivity index is 5.15. The van der Waals surface area contributed by atoms with Crippen LogP contribution in [0.4, 0.5) is 0 Å². The van der Waals surface area contributed by atoms with Crippen molar-refractivity contribution in [1.29, 1.82) is 0 Å². The first-order valence-corrected chi connectivity index (χ1v) is 39.8. The summed E-state index contributed by atoms with van der Waals surface area (Å²) in [6.45, 7) is 4.87. The highest BCUT2D eigenvalue weighted by atomic mass is 31.2. The first-order chi connectivity index (χ1) is 43.2. The Morgan fingerprint density at radius 1 is 0.270 bits per heavy atom. The second-order valence-corrected chi connectivity index (χ2v) is 28.2. The van der Waals surface area contributed by atoms with Crippen molar-refractivity contribution in [3.8, 4) is 0 Å². The van der Waals surface area contributed by atoms with Crippen LogP contribution in [0.1, 0.15) is 368 Å². The van der Waals surface area contributed by atoms with Gasteiger partial charge in [-0.3, -0.25) is 37.3 Å². The van der Waals surface area contributed by atoms with E-state index in [2.05, 4.69) is 27.7 Å². The minimum Gasteiger partial charge on any atom is -0.462 e. The summed E-state index contributed by atoms with van der Waals surface area (Å²) in [6.07, 6.45) is 53.0. The van der Waals surface area contributed by atoms with E-state index in [1.807, 2.05) is 0 Å². The molecule has 0 rings (SSSR count). The summed E-state index contributed by atoms with van der Waals surface area (Å²) in [5, 5.41) is 10.6. The van der Waals surface area contributed by atoms with Crippen LogP contribution < -0.4 is 0 Å². The first kappa shape index (κ1) is 87.1. The Bertz CT molecular complexity index is 1710. The minimum absolute atomic E-state index is 0.107. The van der Waals surface area contributed by atoms with Gasteiger partial charge in [0.25, 0.3) is 0 Å². The van der Waals surface area contributed by atoms with Gasteiger partial charge in [-0.05, 0) is 25.7 Å². The molecule has 89 heavy (non-hydrogen) atoms. The standard InChI is InChI=1S/C70H136O17P2/c1-5-9-13-17-20-23-26-29-31-33-35-38-40-43-47-51-55-68(73)81-61-66(87-70(75)57-53-49-45-42-39-36-34-32-30-27-24-21-18-14-10-6-2)63-85-89(78,79)83-59-64(71)58-82-88(76,77)84-62-65(60-80-67(72)54-50-46-16-12-8-4)86-69(74)56-52-48-44-41-37-28-25-22-19-15-11-7-3/h64-66,71H,5-63H2,1-4H3,(H,76,77)(H,78,79)/t64-,65+,66+/m0/s1. The summed E-state index contributed by atoms with van der Waals surface area (Å²) in [7, 11) is -9.89. The zero-order valence-corrected chi connectivity index (χ0v) is 59.2. The van der Waals surface area contributed by atoms with Gasteiger partial charge >= 0.3 is 39.5 Å². The molecule has 3 N–H and O–H groups in total. The van der Waals surface area contributed by atoms with Crippen LogP contribution in [-0.2, 0) is 65.4 Å². The molecule has 0 fully saturated rings. The van der Waals surface area contributed by atoms with Crippen molar-refractivity contribution in [2.24, 2.45) is 0 Å². The van der Waals surface area contributed by atoms with Gasteiger partial charge in [0.15, 0.2) is 12.2 Å². The molecule has 0 aliphatic heterocycles. The van der Waals surface area contributed by atoms with E-state index < -0.39 is 97.5 Å². The summed E-state index contributed by atoms with van der Waals surface area (Å²) in [6, 6.07) is 0. The lowest BCUT2D eigenvalue weighted by molar-refractivity contribution is -0.161. The Morgan fingerprint density at radius 3 is 0.663 bits per heavy atom. The third-order valence-corrected chi connectivity index (χ3v) is 18.3. The third-order valence-electron chi connectivity index (χ3n) is 16.4. The molecule has 0 amide bonds. The van der Waals surface area contributed by atoms with Gasteiger partial charge in [-0.25, -0.2) is 9.13 Å². The fourth-order valence-corrected chi connectivity index (χ4v) is 12.3. The van der Waals surface area contributed by atoms with E-state index in [9.17, 15) is 43.2 Å². The maximum Gasteiger partial charge on any atom is 0.472 e. The van der Waals surface area contributed by atoms with Crippen molar-refractivity contribution >= 4 is 39.5 Å². The fourth-order valence-electron chi connectivity index (χ4n) is 10.7. The molecule has 0 aliphatic carbocycles. The SMILES string of the molecule is CCCCCCCCCCCCCCCCCCC(=O)OC[C@H](COP(=O)(O)OC[C@@H](O)COP(=O)(O)OC[C@@H](COC(=O)CCCCCCC)OC(=O)CCCCCCCCCCCCCC)OC(=O)CCCCCCCCCCCCCCCCCC. The van der Waals surface area contributed by atoms with E-state index in [4.69, 9.17) is 37.0 Å². The van der Waals surface area contributed by atoms with Crippen LogP contribution in [0.2, 0.25) is 0 Å². The van der Waals surface area contributed by atoms with E-state index >= 15 is 0 Å². The van der Waals surface area contributed by atoms with Gasteiger partial charge in [0.05, 0.1) is 26.4 Å². The van der Waals surface area contributed by atoms with Crippen LogP contribution in [0.5, 0.6) is 0 Å². The maximum absolute atomic E-state index is 13.0. The number of ether oxygens (including phenoxy) is 4. The van der Waals surface area contributed by atoms with E-state index in [0.29, 0.717) is 25.7 Å². The molecule has 0 radical (unpaired) electrons. The van der Waals surface area contributed by atoms with Crippen LogP contribution in [0.25, 0.3) is 0 Å². The quantitative estimate of drug-likeness (QED) is 0.0222. The second kappa shape index (κ2) is 64.8. The number of carbonyl (C=O) groups excluding carboxylic acids is 4. The molecule has 0 saturated heterocycles. The summed E-state index contributed by atoms with van der Waals surface area (Å²) < 4.78 is 68.1. The molecular weight excluding hydrogens is 1170 g/mol. The molecule has 0 aliphatic rings. The normalized spacial score (nSPS) is 14.0. The second-order valence-electron chi connectivity index (χ2n) is 25.3.